The van der Waals surface area contributed by atoms with Crippen molar-refractivity contribution in [2.45, 2.75) is 25.8 Å². The summed E-state index contributed by atoms with van der Waals surface area (Å²) >= 11 is 0. The van der Waals surface area contributed by atoms with Crippen molar-refractivity contribution in [2.75, 3.05) is 14.2 Å². The third kappa shape index (κ3) is 3.88. The number of methoxy groups -OCH3 is 2. The van der Waals surface area contributed by atoms with Crippen molar-refractivity contribution in [2.24, 2.45) is 0 Å². The SMILES string of the molecule is CCCC(=O)N[C@H](c1ccc(OC)c(OC)c1)c1c(O)ccc2ccccc12. The first kappa shape index (κ1) is 19.5. The van der Waals surface area contributed by atoms with Crippen LogP contribution < -0.4 is 14.8 Å². The number of hydrogen-bond donors (Lipinski definition) is 2. The summed E-state index contributed by atoms with van der Waals surface area (Å²) in [7, 11) is 3.15. The van der Waals surface area contributed by atoms with Gasteiger partial charge in [-0.15, -0.1) is 0 Å². The lowest BCUT2D eigenvalue weighted by Gasteiger charge is -2.23. The summed E-state index contributed by atoms with van der Waals surface area (Å²) in [6.07, 6.45) is 1.15. The molecule has 3 aromatic carbocycles. The fraction of sp³-hybridized carbons (Fsp3) is 0.261. The zero-order chi connectivity index (χ0) is 20.1. The Morgan fingerprint density at radius 2 is 1.79 bits per heavy atom. The number of benzene rings is 3. The highest BCUT2D eigenvalue weighted by atomic mass is 16.5. The fourth-order valence-electron chi connectivity index (χ4n) is 3.40. The average Bonchev–Trinajstić information content (AvgIpc) is 2.72. The van der Waals surface area contributed by atoms with Crippen LogP contribution in [0.3, 0.4) is 0 Å². The summed E-state index contributed by atoms with van der Waals surface area (Å²) in [6.45, 7) is 1.96. The quantitative estimate of drug-likeness (QED) is 0.631. The summed E-state index contributed by atoms with van der Waals surface area (Å²) in [6, 6.07) is 16.3. The molecule has 0 heterocycles. The van der Waals surface area contributed by atoms with Crippen LogP contribution in [0.15, 0.2) is 54.6 Å². The first-order chi connectivity index (χ1) is 13.6. The van der Waals surface area contributed by atoms with Crippen molar-refractivity contribution in [1.82, 2.24) is 5.32 Å². The monoisotopic (exact) mass is 379 g/mol. The summed E-state index contributed by atoms with van der Waals surface area (Å²) in [5.74, 6) is 1.23. The molecule has 1 amide bonds. The van der Waals surface area contributed by atoms with Gasteiger partial charge in [0.05, 0.1) is 20.3 Å². The van der Waals surface area contributed by atoms with Gasteiger partial charge in [0, 0.05) is 12.0 Å². The van der Waals surface area contributed by atoms with Crippen LogP contribution in [0.25, 0.3) is 10.8 Å². The van der Waals surface area contributed by atoms with Gasteiger partial charge in [-0.25, -0.2) is 0 Å². The minimum Gasteiger partial charge on any atom is -0.508 e. The first-order valence-corrected chi connectivity index (χ1v) is 9.31. The Hall–Kier alpha value is -3.21. The van der Waals surface area contributed by atoms with Crippen molar-refractivity contribution in [3.63, 3.8) is 0 Å². The van der Waals surface area contributed by atoms with E-state index in [2.05, 4.69) is 5.32 Å². The van der Waals surface area contributed by atoms with Gasteiger partial charge in [0.2, 0.25) is 5.91 Å². The number of amides is 1. The number of phenolic OH excluding ortho intramolecular Hbond substituents is 1. The van der Waals surface area contributed by atoms with E-state index in [4.69, 9.17) is 9.47 Å². The van der Waals surface area contributed by atoms with Gasteiger partial charge in [0.25, 0.3) is 0 Å². The Morgan fingerprint density at radius 1 is 1.04 bits per heavy atom. The average molecular weight is 379 g/mol. The lowest BCUT2D eigenvalue weighted by Crippen LogP contribution is -2.29. The van der Waals surface area contributed by atoms with Crippen LogP contribution in [0, 0.1) is 0 Å². The first-order valence-electron chi connectivity index (χ1n) is 9.31. The van der Waals surface area contributed by atoms with E-state index in [1.165, 1.54) is 0 Å². The van der Waals surface area contributed by atoms with Gasteiger partial charge >= 0.3 is 0 Å². The molecule has 0 radical (unpaired) electrons. The molecule has 0 aliphatic carbocycles. The van der Waals surface area contributed by atoms with Crippen LogP contribution in [0.1, 0.15) is 36.9 Å². The normalized spacial score (nSPS) is 11.8. The minimum atomic E-state index is -0.523. The van der Waals surface area contributed by atoms with Crippen LogP contribution >= 0.6 is 0 Å². The van der Waals surface area contributed by atoms with Crippen LogP contribution in [0.5, 0.6) is 17.2 Å². The van der Waals surface area contributed by atoms with Gasteiger partial charge in [-0.1, -0.05) is 43.3 Å². The molecule has 0 fully saturated rings. The molecule has 5 heteroatoms. The maximum absolute atomic E-state index is 12.5. The number of rotatable bonds is 7. The number of carbonyl (C=O) groups excluding carboxylic acids is 1. The van der Waals surface area contributed by atoms with E-state index in [1.54, 1.807) is 26.4 Å². The van der Waals surface area contributed by atoms with Crippen LogP contribution in [-0.2, 0) is 4.79 Å². The van der Waals surface area contributed by atoms with E-state index < -0.39 is 6.04 Å². The molecule has 0 unspecified atom stereocenters. The highest BCUT2D eigenvalue weighted by Gasteiger charge is 2.23. The number of hydrogen-bond acceptors (Lipinski definition) is 4. The third-order valence-corrected chi connectivity index (χ3v) is 4.76. The molecule has 2 N–H and O–H groups in total. The van der Waals surface area contributed by atoms with Gasteiger partial charge in [-0.3, -0.25) is 4.79 Å². The van der Waals surface area contributed by atoms with Gasteiger partial charge < -0.3 is 19.9 Å². The second kappa shape index (κ2) is 8.65. The lowest BCUT2D eigenvalue weighted by atomic mass is 9.92. The smallest absolute Gasteiger partial charge is 0.220 e. The summed E-state index contributed by atoms with van der Waals surface area (Å²) in [5.41, 5.74) is 1.46. The lowest BCUT2D eigenvalue weighted by molar-refractivity contribution is -0.121. The summed E-state index contributed by atoms with van der Waals surface area (Å²) < 4.78 is 10.8. The van der Waals surface area contributed by atoms with Crippen LogP contribution in [0.2, 0.25) is 0 Å². The van der Waals surface area contributed by atoms with E-state index in [-0.39, 0.29) is 11.7 Å². The van der Waals surface area contributed by atoms with Crippen molar-refractivity contribution in [3.8, 4) is 17.2 Å². The molecule has 1 atom stereocenters. The highest BCUT2D eigenvalue weighted by molar-refractivity contribution is 5.89. The van der Waals surface area contributed by atoms with Crippen LogP contribution in [-0.4, -0.2) is 25.2 Å². The molecule has 146 valence electrons. The van der Waals surface area contributed by atoms with Gasteiger partial charge in [-0.05, 0) is 41.0 Å². The van der Waals surface area contributed by atoms with E-state index in [1.807, 2.05) is 49.4 Å². The second-order valence-electron chi connectivity index (χ2n) is 6.58. The maximum atomic E-state index is 12.5. The summed E-state index contributed by atoms with van der Waals surface area (Å²) in [4.78, 5) is 12.5. The van der Waals surface area contributed by atoms with Gasteiger partial charge in [-0.2, -0.15) is 0 Å². The van der Waals surface area contributed by atoms with Crippen molar-refractivity contribution < 1.29 is 19.4 Å². The molecule has 0 bridgehead atoms. The minimum absolute atomic E-state index is 0.0744. The highest BCUT2D eigenvalue weighted by Crippen LogP contribution is 2.38. The van der Waals surface area contributed by atoms with Crippen molar-refractivity contribution in [1.29, 1.82) is 0 Å². The van der Waals surface area contributed by atoms with E-state index in [0.29, 0.717) is 23.5 Å². The molecule has 0 aliphatic rings. The number of nitrogens with one attached hydrogen (secondary N) is 1. The standard InChI is InChI=1S/C23H25NO4/c1-4-7-21(26)24-23(16-11-13-19(27-2)20(14-16)28-3)22-17-9-6-5-8-15(17)10-12-18(22)25/h5-6,8-14,23,25H,4,7H2,1-3H3,(H,24,26)/t23-/m1/s1. The Balaban J connectivity index is 2.19. The number of aromatic hydroxyl groups is 1. The van der Waals surface area contributed by atoms with E-state index >= 15 is 0 Å². The van der Waals surface area contributed by atoms with Crippen molar-refractivity contribution in [3.05, 3.63) is 65.7 Å². The molecule has 3 aromatic rings. The predicted octanol–water partition coefficient (Wildman–Crippen LogP) is 4.57. The van der Waals surface area contributed by atoms with Crippen molar-refractivity contribution >= 4 is 16.7 Å². The topological polar surface area (TPSA) is 67.8 Å². The Kier molecular flexibility index (Phi) is 6.04. The zero-order valence-corrected chi connectivity index (χ0v) is 16.4. The van der Waals surface area contributed by atoms with Gasteiger partial charge in [0.1, 0.15) is 5.75 Å². The Morgan fingerprint density at radius 3 is 2.50 bits per heavy atom. The molecule has 28 heavy (non-hydrogen) atoms. The zero-order valence-electron chi connectivity index (χ0n) is 16.4. The largest absolute Gasteiger partial charge is 0.508 e. The van der Waals surface area contributed by atoms with Gasteiger partial charge in [0.15, 0.2) is 11.5 Å². The number of carbonyl (C=O) groups is 1. The number of fused-ring (bicyclic) bond motifs is 1. The molecule has 5 nitrogen and oxygen atoms in total. The summed E-state index contributed by atoms with van der Waals surface area (Å²) in [5, 5.41) is 15.7. The molecule has 0 saturated carbocycles. The Labute approximate surface area is 164 Å². The molecule has 0 aromatic heterocycles. The molecule has 0 aliphatic heterocycles. The molecule has 0 spiro atoms. The third-order valence-electron chi connectivity index (χ3n) is 4.76. The molecule has 3 rings (SSSR count). The maximum Gasteiger partial charge on any atom is 0.220 e. The second-order valence-corrected chi connectivity index (χ2v) is 6.58. The molecular formula is C23H25NO4. The number of phenols is 1. The van der Waals surface area contributed by atoms with E-state index in [0.717, 1.165) is 22.8 Å². The van der Waals surface area contributed by atoms with Crippen LogP contribution in [0.4, 0.5) is 0 Å². The van der Waals surface area contributed by atoms with E-state index in [9.17, 15) is 9.90 Å². The predicted molar refractivity (Wildman–Crippen MR) is 110 cm³/mol. The number of ether oxygens (including phenoxy) is 2. The fourth-order valence-corrected chi connectivity index (χ4v) is 3.40. The Bertz CT molecular complexity index is 983. The molecule has 0 saturated heterocycles. The molecular weight excluding hydrogens is 354 g/mol.